The van der Waals surface area contributed by atoms with E-state index in [4.69, 9.17) is 27.8 Å². The molecule has 60 heavy (non-hydrogen) atoms. The lowest BCUT2D eigenvalue weighted by Crippen LogP contribution is -2.60. The predicted molar refractivity (Wildman–Crippen MR) is 238 cm³/mol. The van der Waals surface area contributed by atoms with Crippen molar-refractivity contribution in [3.8, 4) is 45.3 Å². The molecular formula is C51H35BN2O6. The molecule has 0 radical (unpaired) electrons. The van der Waals surface area contributed by atoms with Gasteiger partial charge in [0.1, 0.15) is 48.9 Å². The fourth-order valence-corrected chi connectivity index (χ4v) is 9.73. The summed E-state index contributed by atoms with van der Waals surface area (Å²) in [6.07, 6.45) is 0. The van der Waals surface area contributed by atoms with E-state index in [2.05, 4.69) is 138 Å². The maximum atomic E-state index is 7.13. The molecule has 0 unspecified atom stereocenters. The molecule has 0 spiro atoms. The normalized spacial score (nSPS) is 14.6. The quantitative estimate of drug-likeness (QED) is 0.164. The van der Waals surface area contributed by atoms with Crippen molar-refractivity contribution >= 4 is 79.6 Å². The molecule has 0 saturated carbocycles. The summed E-state index contributed by atoms with van der Waals surface area (Å²) >= 11 is 0. The third-order valence-electron chi connectivity index (χ3n) is 12.2. The average Bonchev–Trinajstić information content (AvgIpc) is 3.88. The Bertz CT molecular complexity index is 3000. The zero-order valence-corrected chi connectivity index (χ0v) is 32.6. The molecule has 0 fully saturated rings. The first-order valence-electron chi connectivity index (χ1n) is 20.4. The van der Waals surface area contributed by atoms with E-state index in [1.54, 1.807) is 0 Å². The second kappa shape index (κ2) is 12.7. The number of hydrogen-bond acceptors (Lipinski definition) is 8. The molecule has 9 heteroatoms. The molecule has 8 nitrogen and oxygen atoms in total. The standard InChI is InChI=1S/C51H35BN2O6/c1-30-24-39-47-40(25-30)54(38-29-46-44(56-21-23-58-46)27-36(38)32-14-6-3-7-15-32)49-34-17-9-11-19-42(34)60-51(49)52(47)50-48(33-16-8-10-18-41(33)59-50)53(39)37-28-45-43(55-20-22-57-45)26-35(37)31-12-4-2-5-13-31/h2-19,24-29H,20-23H2,1H3. The van der Waals surface area contributed by atoms with E-state index >= 15 is 0 Å². The number of furan rings is 2. The number of nitrogens with zero attached hydrogens (tertiary/aromatic N) is 2. The second-order valence-electron chi connectivity index (χ2n) is 15.7. The Morgan fingerprint density at radius 3 is 1.28 bits per heavy atom. The lowest BCUT2D eigenvalue weighted by molar-refractivity contribution is 0.172. The van der Waals surface area contributed by atoms with Crippen LogP contribution in [-0.2, 0) is 0 Å². The van der Waals surface area contributed by atoms with Crippen molar-refractivity contribution in [3.05, 3.63) is 151 Å². The van der Waals surface area contributed by atoms with E-state index in [9.17, 15) is 0 Å². The maximum Gasteiger partial charge on any atom is 0.342 e. The molecule has 0 atom stereocenters. The van der Waals surface area contributed by atoms with Crippen LogP contribution in [0.3, 0.4) is 0 Å². The Labute approximate surface area is 345 Å². The summed E-state index contributed by atoms with van der Waals surface area (Å²) in [6, 6.07) is 50.8. The van der Waals surface area contributed by atoms with Crippen LogP contribution in [0.2, 0.25) is 0 Å². The smallest absolute Gasteiger partial charge is 0.342 e. The molecule has 6 heterocycles. The summed E-state index contributed by atoms with van der Waals surface area (Å²) in [7, 11) is 0. The van der Waals surface area contributed by atoms with E-state index in [1.165, 1.54) is 0 Å². The molecule has 4 aliphatic rings. The maximum absolute atomic E-state index is 7.13. The van der Waals surface area contributed by atoms with Crippen LogP contribution >= 0.6 is 0 Å². The number of fused-ring (bicyclic) bond motifs is 10. The van der Waals surface area contributed by atoms with E-state index in [0.717, 1.165) is 112 Å². The lowest BCUT2D eigenvalue weighted by Gasteiger charge is -2.42. The Morgan fingerprint density at radius 2 is 0.833 bits per heavy atom. The largest absolute Gasteiger partial charge is 0.486 e. The summed E-state index contributed by atoms with van der Waals surface area (Å²) in [5, 5.41) is 2.02. The molecule has 9 aromatic rings. The van der Waals surface area contributed by atoms with E-state index in [1.807, 2.05) is 24.3 Å². The Kier molecular flexibility index (Phi) is 7.10. The molecule has 0 amide bonds. The molecule has 0 saturated heterocycles. The number of anilines is 6. The van der Waals surface area contributed by atoms with Crippen molar-refractivity contribution in [2.24, 2.45) is 0 Å². The van der Waals surface area contributed by atoms with Gasteiger partial charge >= 0.3 is 6.71 Å². The van der Waals surface area contributed by atoms with Crippen molar-refractivity contribution in [2.75, 3.05) is 36.2 Å². The van der Waals surface area contributed by atoms with Gasteiger partial charge in [-0.2, -0.15) is 0 Å². The summed E-state index contributed by atoms with van der Waals surface area (Å²) in [6.45, 7) is 3.74. The monoisotopic (exact) mass is 782 g/mol. The molecule has 0 aliphatic carbocycles. The first-order chi connectivity index (χ1) is 29.7. The molecule has 288 valence electrons. The molecule has 13 rings (SSSR count). The van der Waals surface area contributed by atoms with Crippen LogP contribution in [-0.4, -0.2) is 33.1 Å². The third-order valence-corrected chi connectivity index (χ3v) is 12.2. The SMILES string of the molecule is Cc1cc2c3c(c1)N(c1cc4c(cc1-c1ccccc1)OCCO4)c1c(oc4ccccc14)B3c1oc3ccccc3c1N2c1cc2c(cc1-c1ccccc1)OCCO2. The van der Waals surface area contributed by atoms with Gasteiger partial charge in [-0.1, -0.05) is 84.9 Å². The van der Waals surface area contributed by atoms with E-state index < -0.39 is 0 Å². The van der Waals surface area contributed by atoms with Crippen LogP contribution < -0.4 is 45.5 Å². The molecule has 7 aromatic carbocycles. The lowest BCUT2D eigenvalue weighted by atomic mass is 9.37. The number of para-hydroxylation sites is 2. The summed E-state index contributed by atoms with van der Waals surface area (Å²) < 4.78 is 39.4. The van der Waals surface area contributed by atoms with Crippen LogP contribution in [0.5, 0.6) is 23.0 Å². The molecule has 0 bridgehead atoms. The first kappa shape index (κ1) is 33.5. The topological polar surface area (TPSA) is 69.7 Å². The van der Waals surface area contributed by atoms with Crippen molar-refractivity contribution in [1.82, 2.24) is 0 Å². The minimum absolute atomic E-state index is 0.373. The number of aryl methyl sites for hydroxylation is 1. The minimum atomic E-state index is -0.373. The van der Waals surface area contributed by atoms with Crippen molar-refractivity contribution in [1.29, 1.82) is 0 Å². The summed E-state index contributed by atoms with van der Waals surface area (Å²) in [4.78, 5) is 4.77. The third kappa shape index (κ3) is 4.80. The van der Waals surface area contributed by atoms with Gasteiger partial charge in [-0.15, -0.1) is 0 Å². The van der Waals surface area contributed by atoms with Gasteiger partial charge in [0.25, 0.3) is 0 Å². The van der Waals surface area contributed by atoms with Gasteiger partial charge in [-0.3, -0.25) is 0 Å². The zero-order chi connectivity index (χ0) is 39.5. The minimum Gasteiger partial charge on any atom is -0.486 e. The molecule has 0 N–H and O–H groups in total. The Balaban J connectivity index is 1.17. The van der Waals surface area contributed by atoms with Gasteiger partial charge in [0.15, 0.2) is 23.0 Å². The van der Waals surface area contributed by atoms with E-state index in [-0.39, 0.29) is 6.71 Å². The first-order valence-corrected chi connectivity index (χ1v) is 20.4. The van der Waals surface area contributed by atoms with Gasteiger partial charge in [0.2, 0.25) is 0 Å². The fourth-order valence-electron chi connectivity index (χ4n) is 9.73. The summed E-state index contributed by atoms with van der Waals surface area (Å²) in [5.41, 5.74) is 15.5. The Hall–Kier alpha value is -7.52. The van der Waals surface area contributed by atoms with Gasteiger partial charge in [0, 0.05) is 45.4 Å². The predicted octanol–water partition coefficient (Wildman–Crippen LogP) is 10.4. The van der Waals surface area contributed by atoms with Gasteiger partial charge < -0.3 is 37.6 Å². The van der Waals surface area contributed by atoms with Crippen LogP contribution in [0.15, 0.2) is 154 Å². The Morgan fingerprint density at radius 1 is 0.433 bits per heavy atom. The summed E-state index contributed by atoms with van der Waals surface area (Å²) in [5.74, 6) is 2.87. The number of ether oxygens (including phenoxy) is 4. The van der Waals surface area contributed by atoms with Gasteiger partial charge in [0.05, 0.1) is 22.7 Å². The zero-order valence-electron chi connectivity index (χ0n) is 32.6. The van der Waals surface area contributed by atoms with Crippen LogP contribution in [0.25, 0.3) is 44.2 Å². The second-order valence-corrected chi connectivity index (χ2v) is 15.7. The van der Waals surface area contributed by atoms with Crippen molar-refractivity contribution in [3.63, 3.8) is 0 Å². The van der Waals surface area contributed by atoms with Crippen LogP contribution in [0, 0.1) is 6.92 Å². The molecule has 2 aromatic heterocycles. The highest BCUT2D eigenvalue weighted by Gasteiger charge is 2.50. The highest BCUT2D eigenvalue weighted by molar-refractivity contribution is 6.99. The molecular weight excluding hydrogens is 747 g/mol. The van der Waals surface area contributed by atoms with Crippen molar-refractivity contribution in [2.45, 2.75) is 6.92 Å². The fraction of sp³-hybridized carbons (Fsp3) is 0.0980. The highest BCUT2D eigenvalue weighted by Crippen LogP contribution is 2.54. The highest BCUT2D eigenvalue weighted by atomic mass is 16.6. The average molecular weight is 783 g/mol. The van der Waals surface area contributed by atoms with Gasteiger partial charge in [-0.25, -0.2) is 0 Å². The van der Waals surface area contributed by atoms with Crippen molar-refractivity contribution < 1.29 is 27.8 Å². The van der Waals surface area contributed by atoms with Gasteiger partial charge in [-0.05, 0) is 77.6 Å². The van der Waals surface area contributed by atoms with E-state index in [0.29, 0.717) is 37.9 Å². The van der Waals surface area contributed by atoms with Crippen LogP contribution in [0.4, 0.5) is 34.1 Å². The number of rotatable bonds is 4. The van der Waals surface area contributed by atoms with Crippen LogP contribution in [0.1, 0.15) is 5.56 Å². The number of hydrogen-bond donors (Lipinski definition) is 0. The number of benzene rings is 7. The molecule has 4 aliphatic heterocycles.